The monoisotopic (exact) mass is 324 g/mol. The van der Waals surface area contributed by atoms with Gasteiger partial charge in [-0.1, -0.05) is 12.1 Å². The average Bonchev–Trinajstić information content (AvgIpc) is 2.66. The van der Waals surface area contributed by atoms with E-state index >= 15 is 0 Å². The van der Waals surface area contributed by atoms with Gasteiger partial charge in [-0.15, -0.1) is 0 Å². The maximum absolute atomic E-state index is 5.14. The Morgan fingerprint density at radius 3 is 2.74 bits per heavy atom. The van der Waals surface area contributed by atoms with Gasteiger partial charge in [0.15, 0.2) is 0 Å². The summed E-state index contributed by atoms with van der Waals surface area (Å²) in [7, 11) is 0. The standard InChI is InChI=1S/C13H17BrN4O/c1-4-5-12-16-11(14)6-13(17-12)15-7-10-8(2)18-19-9(10)3/h6H,4-5,7H2,1-3H3,(H,15,16,17). The quantitative estimate of drug-likeness (QED) is 0.854. The third-order valence-electron chi connectivity index (χ3n) is 2.84. The molecule has 2 aromatic rings. The molecule has 1 N–H and O–H groups in total. The maximum Gasteiger partial charge on any atom is 0.138 e. The Balaban J connectivity index is 2.11. The van der Waals surface area contributed by atoms with Crippen LogP contribution in [0.2, 0.25) is 0 Å². The molecule has 102 valence electrons. The Morgan fingerprint density at radius 2 is 2.11 bits per heavy atom. The average molecular weight is 325 g/mol. The van der Waals surface area contributed by atoms with E-state index in [0.717, 1.165) is 46.1 Å². The number of hydrogen-bond donors (Lipinski definition) is 1. The Hall–Kier alpha value is -1.43. The molecule has 0 unspecified atom stereocenters. The molecule has 0 saturated heterocycles. The predicted molar refractivity (Wildman–Crippen MR) is 77.0 cm³/mol. The third kappa shape index (κ3) is 3.53. The highest BCUT2D eigenvalue weighted by atomic mass is 79.9. The summed E-state index contributed by atoms with van der Waals surface area (Å²) in [4.78, 5) is 8.82. The summed E-state index contributed by atoms with van der Waals surface area (Å²) >= 11 is 3.41. The molecule has 0 atom stereocenters. The summed E-state index contributed by atoms with van der Waals surface area (Å²) in [6.45, 7) is 6.61. The molecule has 2 aromatic heterocycles. The van der Waals surface area contributed by atoms with Crippen molar-refractivity contribution >= 4 is 21.7 Å². The van der Waals surface area contributed by atoms with Gasteiger partial charge in [0.05, 0.1) is 5.69 Å². The molecule has 0 saturated carbocycles. The second-order valence-electron chi connectivity index (χ2n) is 4.40. The number of nitrogens with zero attached hydrogens (tertiary/aromatic N) is 3. The van der Waals surface area contributed by atoms with E-state index in [1.165, 1.54) is 0 Å². The first-order valence-corrected chi connectivity index (χ1v) is 7.08. The summed E-state index contributed by atoms with van der Waals surface area (Å²) < 4.78 is 5.94. The van der Waals surface area contributed by atoms with E-state index in [-0.39, 0.29) is 0 Å². The second kappa shape index (κ2) is 6.14. The largest absolute Gasteiger partial charge is 0.366 e. The number of rotatable bonds is 5. The second-order valence-corrected chi connectivity index (χ2v) is 5.21. The van der Waals surface area contributed by atoms with Crippen LogP contribution in [0, 0.1) is 13.8 Å². The van der Waals surface area contributed by atoms with Gasteiger partial charge in [-0.25, -0.2) is 9.97 Å². The van der Waals surface area contributed by atoms with Gasteiger partial charge in [-0.2, -0.15) is 0 Å². The fraction of sp³-hybridized carbons (Fsp3) is 0.462. The van der Waals surface area contributed by atoms with Gasteiger partial charge in [0, 0.05) is 24.6 Å². The molecule has 2 heterocycles. The van der Waals surface area contributed by atoms with Crippen LogP contribution >= 0.6 is 15.9 Å². The molecule has 0 aliphatic carbocycles. The van der Waals surface area contributed by atoms with Crippen molar-refractivity contribution in [3.63, 3.8) is 0 Å². The summed E-state index contributed by atoms with van der Waals surface area (Å²) in [5.74, 6) is 2.50. The number of aryl methyl sites for hydroxylation is 3. The van der Waals surface area contributed by atoms with Crippen molar-refractivity contribution in [2.24, 2.45) is 0 Å². The molecule has 0 radical (unpaired) electrons. The van der Waals surface area contributed by atoms with E-state index in [1.54, 1.807) is 0 Å². The molecule has 2 rings (SSSR count). The summed E-state index contributed by atoms with van der Waals surface area (Å²) in [5.41, 5.74) is 1.98. The summed E-state index contributed by atoms with van der Waals surface area (Å²) in [6.07, 6.45) is 1.90. The van der Waals surface area contributed by atoms with Crippen LogP contribution in [0.5, 0.6) is 0 Å². The first kappa shape index (κ1) is 14.0. The summed E-state index contributed by atoms with van der Waals surface area (Å²) in [6, 6.07) is 1.87. The van der Waals surface area contributed by atoms with Crippen LogP contribution in [0.4, 0.5) is 5.82 Å². The van der Waals surface area contributed by atoms with Gasteiger partial charge in [-0.3, -0.25) is 0 Å². The SMILES string of the molecule is CCCc1nc(Br)cc(NCc2c(C)noc2C)n1. The highest BCUT2D eigenvalue weighted by Crippen LogP contribution is 2.17. The molecular formula is C13H17BrN4O. The molecule has 0 fully saturated rings. The van der Waals surface area contributed by atoms with Crippen LogP contribution in [0.25, 0.3) is 0 Å². The topological polar surface area (TPSA) is 63.8 Å². The molecule has 0 spiro atoms. The highest BCUT2D eigenvalue weighted by Gasteiger charge is 2.09. The first-order chi connectivity index (χ1) is 9.10. The highest BCUT2D eigenvalue weighted by molar-refractivity contribution is 9.10. The van der Waals surface area contributed by atoms with Crippen molar-refractivity contribution < 1.29 is 4.52 Å². The van der Waals surface area contributed by atoms with Crippen molar-refractivity contribution in [2.45, 2.75) is 40.2 Å². The van der Waals surface area contributed by atoms with E-state index in [2.05, 4.69) is 43.3 Å². The zero-order valence-electron chi connectivity index (χ0n) is 11.3. The fourth-order valence-electron chi connectivity index (χ4n) is 1.82. The smallest absolute Gasteiger partial charge is 0.138 e. The van der Waals surface area contributed by atoms with Crippen LogP contribution in [-0.2, 0) is 13.0 Å². The minimum absolute atomic E-state index is 0.649. The maximum atomic E-state index is 5.14. The van der Waals surface area contributed by atoms with Crippen molar-refractivity contribution in [3.8, 4) is 0 Å². The fourth-order valence-corrected chi connectivity index (χ4v) is 2.25. The molecule has 0 aromatic carbocycles. The Labute approximate surface area is 121 Å². The minimum Gasteiger partial charge on any atom is -0.366 e. The lowest BCUT2D eigenvalue weighted by Gasteiger charge is -2.07. The molecule has 19 heavy (non-hydrogen) atoms. The molecule has 0 aliphatic rings. The van der Waals surface area contributed by atoms with Crippen LogP contribution < -0.4 is 5.32 Å². The van der Waals surface area contributed by atoms with E-state index in [4.69, 9.17) is 4.52 Å². The number of anilines is 1. The van der Waals surface area contributed by atoms with Crippen LogP contribution in [-0.4, -0.2) is 15.1 Å². The Kier molecular flexibility index (Phi) is 4.52. The molecule has 0 amide bonds. The minimum atomic E-state index is 0.649. The number of halogens is 1. The van der Waals surface area contributed by atoms with Gasteiger partial charge >= 0.3 is 0 Å². The predicted octanol–water partition coefficient (Wildman–Crippen LogP) is 3.41. The van der Waals surface area contributed by atoms with Crippen molar-refractivity contribution in [1.82, 2.24) is 15.1 Å². The summed E-state index contributed by atoms with van der Waals surface area (Å²) in [5, 5.41) is 7.22. The normalized spacial score (nSPS) is 10.7. The van der Waals surface area contributed by atoms with E-state index in [1.807, 2.05) is 19.9 Å². The number of nitrogens with one attached hydrogen (secondary N) is 1. The Morgan fingerprint density at radius 1 is 1.32 bits per heavy atom. The zero-order chi connectivity index (χ0) is 13.8. The first-order valence-electron chi connectivity index (χ1n) is 6.29. The Bertz CT molecular complexity index is 548. The lowest BCUT2D eigenvalue weighted by atomic mass is 10.2. The third-order valence-corrected chi connectivity index (χ3v) is 3.25. The van der Waals surface area contributed by atoms with Gasteiger partial charge < -0.3 is 9.84 Å². The van der Waals surface area contributed by atoms with Crippen molar-refractivity contribution in [2.75, 3.05) is 5.32 Å². The molecular weight excluding hydrogens is 308 g/mol. The lowest BCUT2D eigenvalue weighted by Crippen LogP contribution is -2.06. The van der Waals surface area contributed by atoms with E-state index < -0.39 is 0 Å². The molecule has 5 nitrogen and oxygen atoms in total. The number of hydrogen-bond acceptors (Lipinski definition) is 5. The van der Waals surface area contributed by atoms with Crippen molar-refractivity contribution in [1.29, 1.82) is 0 Å². The number of aromatic nitrogens is 3. The zero-order valence-corrected chi connectivity index (χ0v) is 12.9. The van der Waals surface area contributed by atoms with Gasteiger partial charge in [0.25, 0.3) is 0 Å². The van der Waals surface area contributed by atoms with E-state index in [0.29, 0.717) is 6.54 Å². The molecule has 0 aliphatic heterocycles. The lowest BCUT2D eigenvalue weighted by molar-refractivity contribution is 0.392. The van der Waals surface area contributed by atoms with Gasteiger partial charge in [0.1, 0.15) is 22.0 Å². The van der Waals surface area contributed by atoms with E-state index in [9.17, 15) is 0 Å². The van der Waals surface area contributed by atoms with Crippen LogP contribution in [0.3, 0.4) is 0 Å². The molecule has 6 heteroatoms. The van der Waals surface area contributed by atoms with Gasteiger partial charge in [0.2, 0.25) is 0 Å². The van der Waals surface area contributed by atoms with Crippen LogP contribution in [0.15, 0.2) is 15.2 Å². The van der Waals surface area contributed by atoms with Crippen molar-refractivity contribution in [3.05, 3.63) is 33.5 Å². The van der Waals surface area contributed by atoms with Gasteiger partial charge in [-0.05, 0) is 36.2 Å². The molecule has 0 bridgehead atoms. The van der Waals surface area contributed by atoms with Crippen LogP contribution in [0.1, 0.15) is 36.2 Å².